The molecule has 3 aromatic heterocycles. The number of aromatic nitrogens is 1. The molecule has 0 aliphatic rings. The normalized spacial score (nSPS) is 11.8. The predicted octanol–water partition coefficient (Wildman–Crippen LogP) is 13.2. The fraction of sp³-hybridized carbons (Fsp3) is 0. The molecule has 244 valence electrons. The second-order valence-corrected chi connectivity index (χ2v) is 15.6. The van der Waals surface area contributed by atoms with E-state index in [0.717, 1.165) is 39.0 Å². The molecule has 11 rings (SSSR count). The van der Waals surface area contributed by atoms with Crippen molar-refractivity contribution >= 4 is 94.6 Å². The standard InChI is InChI=1S/C48H30N2OSe/c1-2-11-33(12-3-1)50-41-16-7-4-13-36(41)40-29-32(23-28-42(40)50)31-21-24-34(25-22-31)49(35-26-27-38-37-14-6-9-20-46(37)52-47(38)30-35)43-17-10-19-45-48(43)39-15-5-8-18-44(39)51-45/h1-30H. The molecule has 0 saturated carbocycles. The number of hydrogen-bond acceptors (Lipinski definition) is 2. The summed E-state index contributed by atoms with van der Waals surface area (Å²) in [6, 6.07) is 65.9. The van der Waals surface area contributed by atoms with Crippen LogP contribution >= 0.6 is 0 Å². The minimum Gasteiger partial charge on any atom is -0.0602 e. The topological polar surface area (TPSA) is 21.3 Å². The van der Waals surface area contributed by atoms with Crippen LogP contribution in [0.25, 0.3) is 79.9 Å². The van der Waals surface area contributed by atoms with Crippen LogP contribution in [0.3, 0.4) is 0 Å². The van der Waals surface area contributed by atoms with Crippen LogP contribution in [-0.4, -0.2) is 19.1 Å². The van der Waals surface area contributed by atoms with Gasteiger partial charge < -0.3 is 4.57 Å². The fourth-order valence-corrected chi connectivity index (χ4v) is 10.4. The minimum atomic E-state index is 0.258. The van der Waals surface area contributed by atoms with Gasteiger partial charge >= 0.3 is 237 Å². The fourth-order valence-electron chi connectivity index (χ4n) is 8.03. The number of fused-ring (bicyclic) bond motifs is 9. The van der Waals surface area contributed by atoms with Crippen molar-refractivity contribution in [1.82, 2.24) is 4.57 Å². The number of furan rings is 1. The Bertz CT molecular complexity index is 3130. The molecule has 11 aromatic rings. The molecule has 0 radical (unpaired) electrons. The molecule has 0 bridgehead atoms. The van der Waals surface area contributed by atoms with Crippen molar-refractivity contribution < 1.29 is 4.42 Å². The zero-order chi connectivity index (χ0) is 34.2. The van der Waals surface area contributed by atoms with Crippen LogP contribution in [0, 0.1) is 0 Å². The summed E-state index contributed by atoms with van der Waals surface area (Å²) in [5.41, 5.74) is 11.1. The molecule has 0 N–H and O–H groups in total. The zero-order valence-corrected chi connectivity index (χ0v) is 29.7. The smallest absolute Gasteiger partial charge is 0.0602 e. The Morgan fingerprint density at radius 3 is 1.98 bits per heavy atom. The molecule has 0 amide bonds. The van der Waals surface area contributed by atoms with Crippen LogP contribution in [0.5, 0.6) is 0 Å². The number of para-hydroxylation sites is 3. The first-order valence-corrected chi connectivity index (χ1v) is 19.3. The molecule has 4 heteroatoms. The molecule has 0 aliphatic heterocycles. The van der Waals surface area contributed by atoms with Gasteiger partial charge in [-0.3, -0.25) is 0 Å². The first-order chi connectivity index (χ1) is 25.8. The molecule has 3 nitrogen and oxygen atoms in total. The van der Waals surface area contributed by atoms with Crippen molar-refractivity contribution in [3.63, 3.8) is 0 Å². The zero-order valence-electron chi connectivity index (χ0n) is 28.0. The molecule has 0 saturated heterocycles. The van der Waals surface area contributed by atoms with E-state index in [4.69, 9.17) is 4.42 Å². The maximum absolute atomic E-state index is 6.38. The van der Waals surface area contributed by atoms with Gasteiger partial charge in [0.25, 0.3) is 0 Å². The summed E-state index contributed by atoms with van der Waals surface area (Å²) in [5, 5.41) is 7.47. The Morgan fingerprint density at radius 1 is 0.423 bits per heavy atom. The van der Waals surface area contributed by atoms with E-state index in [0.29, 0.717) is 0 Å². The summed E-state index contributed by atoms with van der Waals surface area (Å²) in [6.45, 7) is 0. The van der Waals surface area contributed by atoms with E-state index in [1.807, 2.05) is 6.07 Å². The van der Waals surface area contributed by atoms with Crippen LogP contribution in [0.2, 0.25) is 0 Å². The van der Waals surface area contributed by atoms with E-state index < -0.39 is 0 Å². The summed E-state index contributed by atoms with van der Waals surface area (Å²) in [4.78, 5) is 2.41. The van der Waals surface area contributed by atoms with E-state index in [-0.39, 0.29) is 14.5 Å². The van der Waals surface area contributed by atoms with Crippen LogP contribution in [0.4, 0.5) is 17.1 Å². The van der Waals surface area contributed by atoms with Crippen molar-refractivity contribution in [2.24, 2.45) is 0 Å². The second-order valence-electron chi connectivity index (χ2n) is 13.3. The molecular formula is C48H30N2OSe. The first-order valence-electron chi connectivity index (χ1n) is 17.6. The van der Waals surface area contributed by atoms with Crippen LogP contribution < -0.4 is 4.90 Å². The van der Waals surface area contributed by atoms with Crippen molar-refractivity contribution in [3.8, 4) is 16.8 Å². The van der Waals surface area contributed by atoms with Gasteiger partial charge in [0.1, 0.15) is 0 Å². The van der Waals surface area contributed by atoms with Crippen LogP contribution in [-0.2, 0) is 0 Å². The van der Waals surface area contributed by atoms with E-state index in [9.17, 15) is 0 Å². The first kappa shape index (κ1) is 29.4. The van der Waals surface area contributed by atoms with Gasteiger partial charge in [-0.15, -0.1) is 0 Å². The molecule has 0 aliphatic carbocycles. The molecule has 8 aromatic carbocycles. The van der Waals surface area contributed by atoms with Gasteiger partial charge in [0.2, 0.25) is 0 Å². The van der Waals surface area contributed by atoms with E-state index >= 15 is 0 Å². The Hall–Kier alpha value is -6.32. The van der Waals surface area contributed by atoms with Gasteiger partial charge in [0, 0.05) is 5.69 Å². The molecule has 52 heavy (non-hydrogen) atoms. The predicted molar refractivity (Wildman–Crippen MR) is 220 cm³/mol. The Balaban J connectivity index is 1.07. The third-order valence-electron chi connectivity index (χ3n) is 10.4. The van der Waals surface area contributed by atoms with E-state index in [1.165, 1.54) is 57.9 Å². The van der Waals surface area contributed by atoms with Gasteiger partial charge in [-0.05, 0) is 18.2 Å². The number of rotatable bonds is 5. The third kappa shape index (κ3) is 4.52. The summed E-state index contributed by atoms with van der Waals surface area (Å²) in [7, 11) is 0. The van der Waals surface area contributed by atoms with Gasteiger partial charge in [-0.1, -0.05) is 36.4 Å². The summed E-state index contributed by atoms with van der Waals surface area (Å²) in [6.07, 6.45) is 0. The molecule has 0 spiro atoms. The Labute approximate surface area is 305 Å². The van der Waals surface area contributed by atoms with Crippen molar-refractivity contribution in [3.05, 3.63) is 182 Å². The molecule has 0 atom stereocenters. The minimum absolute atomic E-state index is 0.258. The van der Waals surface area contributed by atoms with Crippen LogP contribution in [0.15, 0.2) is 186 Å². The van der Waals surface area contributed by atoms with Crippen molar-refractivity contribution in [2.45, 2.75) is 0 Å². The monoisotopic (exact) mass is 730 g/mol. The van der Waals surface area contributed by atoms with Gasteiger partial charge in [-0.25, -0.2) is 0 Å². The van der Waals surface area contributed by atoms with Crippen molar-refractivity contribution in [1.29, 1.82) is 0 Å². The number of benzene rings is 8. The third-order valence-corrected chi connectivity index (χ3v) is 12.8. The van der Waals surface area contributed by atoms with Gasteiger partial charge in [0.15, 0.2) is 0 Å². The van der Waals surface area contributed by atoms with Crippen molar-refractivity contribution in [2.75, 3.05) is 4.90 Å². The number of anilines is 3. The Morgan fingerprint density at radius 2 is 1.10 bits per heavy atom. The second kappa shape index (κ2) is 11.6. The average Bonchev–Trinajstić information content (AvgIpc) is 3.88. The SMILES string of the molecule is c1ccc(-n2c3ccccc3c3cc(-c4ccc(N(c5ccc6c(c5)[se]c5ccccc56)c5cccc6oc7ccccc7c56)cc4)ccc32)cc1. The van der Waals surface area contributed by atoms with Gasteiger partial charge in [0.05, 0.1) is 5.52 Å². The summed E-state index contributed by atoms with van der Waals surface area (Å²) >= 11 is 0.258. The quantitative estimate of drug-likeness (QED) is 0.165. The molecular weight excluding hydrogens is 700 g/mol. The summed E-state index contributed by atoms with van der Waals surface area (Å²) in [5.74, 6) is 0. The molecule has 0 fully saturated rings. The molecule has 0 unspecified atom stereocenters. The summed E-state index contributed by atoms with van der Waals surface area (Å²) < 4.78 is 11.6. The maximum atomic E-state index is 6.38. The number of hydrogen-bond donors (Lipinski definition) is 0. The van der Waals surface area contributed by atoms with E-state index in [1.54, 1.807) is 0 Å². The van der Waals surface area contributed by atoms with Gasteiger partial charge in [-0.2, -0.15) is 0 Å². The Kier molecular flexibility index (Phi) is 6.57. The molecule has 3 heterocycles. The average molecular weight is 730 g/mol. The van der Waals surface area contributed by atoms with Crippen LogP contribution in [0.1, 0.15) is 0 Å². The number of nitrogens with zero attached hydrogens (tertiary/aromatic N) is 2. The van der Waals surface area contributed by atoms with E-state index in [2.05, 4.69) is 185 Å².